The number of benzene rings is 2. The predicted octanol–water partition coefficient (Wildman–Crippen LogP) is 3.57. The van der Waals surface area contributed by atoms with Crippen LogP contribution in [0.25, 0.3) is 17.1 Å². The van der Waals surface area contributed by atoms with Crippen LogP contribution >= 0.6 is 0 Å². The third kappa shape index (κ3) is 3.38. The lowest BCUT2D eigenvalue weighted by Gasteiger charge is -2.14. The summed E-state index contributed by atoms with van der Waals surface area (Å²) < 4.78 is 1.76. The van der Waals surface area contributed by atoms with E-state index < -0.39 is 0 Å². The van der Waals surface area contributed by atoms with Crippen LogP contribution in [-0.2, 0) is 6.42 Å². The molecule has 2 heterocycles. The van der Waals surface area contributed by atoms with Crippen LogP contribution in [0.3, 0.4) is 0 Å². The minimum atomic E-state index is -0.171. The third-order valence-electron chi connectivity index (χ3n) is 4.29. The van der Waals surface area contributed by atoms with Gasteiger partial charge in [0.2, 0.25) is 0 Å². The highest BCUT2D eigenvalue weighted by Gasteiger charge is 2.15. The Morgan fingerprint density at radius 1 is 0.808 bits per heavy atom. The average Bonchev–Trinajstić information content (AvgIpc) is 3.20. The number of hydrogen-bond acceptors (Lipinski definition) is 4. The van der Waals surface area contributed by atoms with E-state index in [-0.39, 0.29) is 6.04 Å². The number of hydrogen-bond donors (Lipinski definition) is 1. The van der Waals surface area contributed by atoms with Crippen LogP contribution < -0.4 is 5.73 Å². The summed E-state index contributed by atoms with van der Waals surface area (Å²) in [5.74, 6) is 0.660. The van der Waals surface area contributed by atoms with Gasteiger partial charge in [0.05, 0.1) is 17.4 Å². The van der Waals surface area contributed by atoms with Gasteiger partial charge >= 0.3 is 0 Å². The van der Waals surface area contributed by atoms with Crippen molar-refractivity contribution in [3.63, 3.8) is 0 Å². The molecule has 0 unspecified atom stereocenters. The second-order valence-electron chi connectivity index (χ2n) is 6.11. The first kappa shape index (κ1) is 16.2. The van der Waals surface area contributed by atoms with Crippen molar-refractivity contribution >= 4 is 0 Å². The second kappa shape index (κ2) is 7.29. The van der Waals surface area contributed by atoms with Crippen molar-refractivity contribution in [1.29, 1.82) is 0 Å². The maximum absolute atomic E-state index is 6.42. The van der Waals surface area contributed by atoms with Gasteiger partial charge in [-0.2, -0.15) is 5.10 Å². The largest absolute Gasteiger partial charge is 0.322 e. The summed E-state index contributed by atoms with van der Waals surface area (Å²) in [7, 11) is 0. The molecule has 2 aromatic carbocycles. The standard InChI is InChI=1S/C21H19N5/c22-18(15-16-7-3-1-4-8-16)20-13-14-23-26(20)21-12-11-19(24-25-21)17-9-5-2-6-10-17/h1-14,18H,15,22H2/t18-/m0/s1. The van der Waals surface area contributed by atoms with Crippen LogP contribution in [0.15, 0.2) is 85.1 Å². The Morgan fingerprint density at radius 2 is 1.54 bits per heavy atom. The van der Waals surface area contributed by atoms with Gasteiger partial charge in [-0.25, -0.2) is 4.68 Å². The molecule has 2 N–H and O–H groups in total. The zero-order chi connectivity index (χ0) is 17.8. The van der Waals surface area contributed by atoms with E-state index in [0.717, 1.165) is 23.4 Å². The second-order valence-corrected chi connectivity index (χ2v) is 6.11. The first-order valence-corrected chi connectivity index (χ1v) is 8.54. The summed E-state index contributed by atoms with van der Waals surface area (Å²) in [6, 6.07) is 25.8. The van der Waals surface area contributed by atoms with Gasteiger partial charge in [-0.05, 0) is 30.2 Å². The maximum atomic E-state index is 6.42. The van der Waals surface area contributed by atoms with Crippen LogP contribution in [-0.4, -0.2) is 20.0 Å². The van der Waals surface area contributed by atoms with E-state index in [4.69, 9.17) is 5.73 Å². The van der Waals surface area contributed by atoms with Crippen LogP contribution in [0.1, 0.15) is 17.3 Å². The van der Waals surface area contributed by atoms with Gasteiger partial charge in [-0.3, -0.25) is 0 Å². The van der Waals surface area contributed by atoms with Crippen LogP contribution in [0, 0.1) is 0 Å². The SMILES string of the molecule is N[C@@H](Cc1ccccc1)c1ccnn1-c1ccc(-c2ccccc2)nn1. The topological polar surface area (TPSA) is 69.6 Å². The molecule has 0 radical (unpaired) electrons. The molecule has 2 aromatic heterocycles. The molecular weight excluding hydrogens is 322 g/mol. The molecule has 26 heavy (non-hydrogen) atoms. The van der Waals surface area contributed by atoms with Crippen molar-refractivity contribution in [3.05, 3.63) is 96.3 Å². The Kier molecular flexibility index (Phi) is 4.53. The van der Waals surface area contributed by atoms with Gasteiger partial charge in [0.15, 0.2) is 5.82 Å². The molecular formula is C21H19N5. The smallest absolute Gasteiger partial charge is 0.176 e. The third-order valence-corrected chi connectivity index (χ3v) is 4.29. The van der Waals surface area contributed by atoms with E-state index in [1.165, 1.54) is 5.56 Å². The number of nitrogens with zero attached hydrogens (tertiary/aromatic N) is 4. The first-order chi connectivity index (χ1) is 12.8. The minimum absolute atomic E-state index is 0.171. The minimum Gasteiger partial charge on any atom is -0.322 e. The van der Waals surface area contributed by atoms with Crippen molar-refractivity contribution in [2.45, 2.75) is 12.5 Å². The predicted molar refractivity (Wildman–Crippen MR) is 102 cm³/mol. The molecule has 5 nitrogen and oxygen atoms in total. The highest BCUT2D eigenvalue weighted by molar-refractivity contribution is 5.58. The van der Waals surface area contributed by atoms with Gasteiger partial charge in [0.25, 0.3) is 0 Å². The summed E-state index contributed by atoms with van der Waals surface area (Å²) in [5.41, 5.74) is 10.4. The number of rotatable bonds is 5. The fourth-order valence-electron chi connectivity index (χ4n) is 2.96. The molecule has 0 aliphatic carbocycles. The van der Waals surface area contributed by atoms with Crippen LogP contribution in [0.4, 0.5) is 0 Å². The first-order valence-electron chi connectivity index (χ1n) is 8.54. The van der Waals surface area contributed by atoms with Gasteiger partial charge in [0, 0.05) is 11.8 Å². The van der Waals surface area contributed by atoms with E-state index in [0.29, 0.717) is 5.82 Å². The fraction of sp³-hybridized carbons (Fsp3) is 0.0952. The molecule has 128 valence electrons. The molecule has 0 bridgehead atoms. The molecule has 0 saturated heterocycles. The highest BCUT2D eigenvalue weighted by atomic mass is 15.3. The lowest BCUT2D eigenvalue weighted by molar-refractivity contribution is 0.644. The molecule has 4 aromatic rings. The number of nitrogens with two attached hydrogens (primary N) is 1. The van der Waals surface area contributed by atoms with Gasteiger partial charge in [-0.1, -0.05) is 60.7 Å². The molecule has 0 aliphatic rings. The maximum Gasteiger partial charge on any atom is 0.176 e. The molecule has 0 fully saturated rings. The summed E-state index contributed by atoms with van der Waals surface area (Å²) in [6.45, 7) is 0. The van der Waals surface area contributed by atoms with Gasteiger partial charge < -0.3 is 5.73 Å². The van der Waals surface area contributed by atoms with E-state index in [9.17, 15) is 0 Å². The zero-order valence-corrected chi connectivity index (χ0v) is 14.2. The summed E-state index contributed by atoms with van der Waals surface area (Å²) >= 11 is 0. The Morgan fingerprint density at radius 3 is 2.23 bits per heavy atom. The molecule has 0 spiro atoms. The summed E-state index contributed by atoms with van der Waals surface area (Å²) in [5, 5.41) is 13.1. The summed E-state index contributed by atoms with van der Waals surface area (Å²) in [4.78, 5) is 0. The van der Waals surface area contributed by atoms with Gasteiger partial charge in [0.1, 0.15) is 0 Å². The average molecular weight is 341 g/mol. The normalized spacial score (nSPS) is 12.0. The Bertz CT molecular complexity index is 962. The monoisotopic (exact) mass is 341 g/mol. The van der Waals surface area contributed by atoms with Gasteiger partial charge in [-0.15, -0.1) is 10.2 Å². The lowest BCUT2D eigenvalue weighted by Crippen LogP contribution is -2.18. The van der Waals surface area contributed by atoms with Crippen molar-refractivity contribution < 1.29 is 0 Å². The van der Waals surface area contributed by atoms with Crippen molar-refractivity contribution in [3.8, 4) is 17.1 Å². The van der Waals surface area contributed by atoms with Crippen LogP contribution in [0.5, 0.6) is 0 Å². The quantitative estimate of drug-likeness (QED) is 0.602. The van der Waals surface area contributed by atoms with E-state index in [1.807, 2.05) is 66.7 Å². The molecule has 4 rings (SSSR count). The van der Waals surface area contributed by atoms with Crippen molar-refractivity contribution in [2.24, 2.45) is 5.73 Å². The van der Waals surface area contributed by atoms with Crippen molar-refractivity contribution in [2.75, 3.05) is 0 Å². The Balaban J connectivity index is 1.58. The molecule has 0 saturated carbocycles. The highest BCUT2D eigenvalue weighted by Crippen LogP contribution is 2.20. The van der Waals surface area contributed by atoms with Crippen molar-refractivity contribution in [1.82, 2.24) is 20.0 Å². The lowest BCUT2D eigenvalue weighted by atomic mass is 10.0. The number of aromatic nitrogens is 4. The zero-order valence-electron chi connectivity index (χ0n) is 14.2. The Hall–Kier alpha value is -3.31. The fourth-order valence-corrected chi connectivity index (χ4v) is 2.96. The van der Waals surface area contributed by atoms with E-state index >= 15 is 0 Å². The Labute approximate surface area is 152 Å². The molecule has 0 amide bonds. The molecule has 1 atom stereocenters. The molecule has 0 aliphatic heterocycles. The van der Waals surface area contributed by atoms with E-state index in [1.54, 1.807) is 10.9 Å². The van der Waals surface area contributed by atoms with E-state index in [2.05, 4.69) is 27.4 Å². The van der Waals surface area contributed by atoms with Crippen LogP contribution in [0.2, 0.25) is 0 Å². The summed E-state index contributed by atoms with van der Waals surface area (Å²) in [6.07, 6.45) is 2.48. The molecule has 5 heteroatoms.